The van der Waals surface area contributed by atoms with Gasteiger partial charge in [-0.05, 0) is 20.3 Å². The molecule has 1 heterocycles. The van der Waals surface area contributed by atoms with Crippen LogP contribution in [0.1, 0.15) is 38.9 Å². The first kappa shape index (κ1) is 12.2. The average Bonchev–Trinajstić information content (AvgIpc) is 2.61. The number of nitrogens with two attached hydrogens (primary N) is 1. The molecule has 4 heteroatoms. The van der Waals surface area contributed by atoms with E-state index >= 15 is 0 Å². The Kier molecular flexibility index (Phi) is 3.88. The second kappa shape index (κ2) is 4.77. The molecule has 86 valence electrons. The molecule has 0 fully saturated rings. The van der Waals surface area contributed by atoms with Crippen molar-refractivity contribution < 1.29 is 4.74 Å². The summed E-state index contributed by atoms with van der Waals surface area (Å²) >= 11 is 0. The van der Waals surface area contributed by atoms with E-state index in [0.717, 1.165) is 12.1 Å². The molecule has 0 aromatic carbocycles. The highest BCUT2D eigenvalue weighted by atomic mass is 16.5. The van der Waals surface area contributed by atoms with Crippen LogP contribution in [0.5, 0.6) is 0 Å². The molecule has 0 saturated carbocycles. The maximum Gasteiger partial charge on any atom is 0.0952 e. The van der Waals surface area contributed by atoms with Crippen LogP contribution in [-0.4, -0.2) is 23.3 Å². The van der Waals surface area contributed by atoms with Gasteiger partial charge in [0.1, 0.15) is 0 Å². The molecule has 1 atom stereocenters. The third-order valence-corrected chi connectivity index (χ3v) is 2.55. The summed E-state index contributed by atoms with van der Waals surface area (Å²) < 4.78 is 7.31. The maximum atomic E-state index is 6.09. The molecule has 0 bridgehead atoms. The van der Waals surface area contributed by atoms with Gasteiger partial charge in [0.15, 0.2) is 0 Å². The molecule has 1 unspecified atom stereocenters. The molecule has 0 spiro atoms. The Labute approximate surface area is 91.4 Å². The van der Waals surface area contributed by atoms with E-state index in [9.17, 15) is 0 Å². The van der Waals surface area contributed by atoms with E-state index in [1.807, 2.05) is 26.4 Å². The van der Waals surface area contributed by atoms with E-state index < -0.39 is 0 Å². The van der Waals surface area contributed by atoms with Crippen LogP contribution in [0.3, 0.4) is 0 Å². The molecular weight excluding hydrogens is 190 g/mol. The van der Waals surface area contributed by atoms with Crippen molar-refractivity contribution in [2.75, 3.05) is 13.7 Å². The molecule has 15 heavy (non-hydrogen) atoms. The van der Waals surface area contributed by atoms with E-state index in [4.69, 9.17) is 10.5 Å². The van der Waals surface area contributed by atoms with E-state index in [2.05, 4.69) is 16.5 Å². The van der Waals surface area contributed by atoms with Crippen molar-refractivity contribution in [2.45, 2.75) is 38.8 Å². The van der Waals surface area contributed by atoms with Crippen LogP contribution in [0.2, 0.25) is 0 Å². The zero-order chi connectivity index (χ0) is 11.5. The predicted octanol–water partition coefficient (Wildman–Crippen LogP) is 1.67. The number of hydrogen-bond acceptors (Lipinski definition) is 3. The Morgan fingerprint density at radius 1 is 1.60 bits per heavy atom. The summed E-state index contributed by atoms with van der Waals surface area (Å²) in [6.45, 7) is 6.80. The summed E-state index contributed by atoms with van der Waals surface area (Å²) in [5, 5.41) is 0. The number of aromatic nitrogens is 2. The molecule has 0 aliphatic heterocycles. The molecule has 2 N–H and O–H groups in total. The Morgan fingerprint density at radius 2 is 2.27 bits per heavy atom. The van der Waals surface area contributed by atoms with Crippen molar-refractivity contribution >= 4 is 0 Å². The van der Waals surface area contributed by atoms with Crippen molar-refractivity contribution in [3.8, 4) is 0 Å². The van der Waals surface area contributed by atoms with Crippen LogP contribution in [0.15, 0.2) is 12.5 Å². The fourth-order valence-corrected chi connectivity index (χ4v) is 1.68. The summed E-state index contributed by atoms with van der Waals surface area (Å²) in [7, 11) is 1.72. The molecule has 0 saturated heterocycles. The van der Waals surface area contributed by atoms with Crippen LogP contribution in [0.4, 0.5) is 0 Å². The standard InChI is InChI=1S/C11H21N3O/c1-5-9(7-15-4)14-8-13-6-10(14)11(2,3)12/h6,8-9H,5,7,12H2,1-4H3. The lowest BCUT2D eigenvalue weighted by Crippen LogP contribution is -2.33. The van der Waals surface area contributed by atoms with Gasteiger partial charge in [-0.2, -0.15) is 0 Å². The lowest BCUT2D eigenvalue weighted by Gasteiger charge is -2.25. The average molecular weight is 211 g/mol. The smallest absolute Gasteiger partial charge is 0.0952 e. The zero-order valence-corrected chi connectivity index (χ0v) is 10.0. The molecule has 0 aliphatic carbocycles. The van der Waals surface area contributed by atoms with Gasteiger partial charge < -0.3 is 15.0 Å². The SMILES string of the molecule is CCC(COC)n1cncc1C(C)(C)N. The normalized spacial score (nSPS) is 14.2. The molecule has 0 amide bonds. The van der Waals surface area contributed by atoms with E-state index in [1.165, 1.54) is 0 Å². The van der Waals surface area contributed by atoms with Crippen molar-refractivity contribution in [1.29, 1.82) is 0 Å². The van der Waals surface area contributed by atoms with E-state index in [-0.39, 0.29) is 5.54 Å². The van der Waals surface area contributed by atoms with Crippen molar-refractivity contribution in [1.82, 2.24) is 9.55 Å². The Bertz CT molecular complexity index is 301. The van der Waals surface area contributed by atoms with Crippen LogP contribution in [-0.2, 0) is 10.3 Å². The summed E-state index contributed by atoms with van der Waals surface area (Å²) in [4.78, 5) is 4.17. The minimum absolute atomic E-state index is 0.315. The second-order valence-electron chi connectivity index (χ2n) is 4.43. The molecule has 4 nitrogen and oxygen atoms in total. The van der Waals surface area contributed by atoms with Gasteiger partial charge in [-0.15, -0.1) is 0 Å². The number of imidazole rings is 1. The van der Waals surface area contributed by atoms with Gasteiger partial charge in [-0.25, -0.2) is 4.98 Å². The topological polar surface area (TPSA) is 53.1 Å². The summed E-state index contributed by atoms with van der Waals surface area (Å²) in [5.74, 6) is 0. The Hall–Kier alpha value is -0.870. The molecule has 0 radical (unpaired) electrons. The lowest BCUT2D eigenvalue weighted by molar-refractivity contribution is 0.150. The molecule has 0 aliphatic rings. The Balaban J connectivity index is 2.97. The van der Waals surface area contributed by atoms with E-state index in [1.54, 1.807) is 7.11 Å². The van der Waals surface area contributed by atoms with Crippen molar-refractivity contribution in [3.05, 3.63) is 18.2 Å². The van der Waals surface area contributed by atoms with Gasteiger partial charge in [0.05, 0.1) is 30.2 Å². The van der Waals surface area contributed by atoms with Crippen molar-refractivity contribution in [3.63, 3.8) is 0 Å². The first-order chi connectivity index (χ1) is 7.00. The number of rotatable bonds is 5. The van der Waals surface area contributed by atoms with Crippen LogP contribution in [0.25, 0.3) is 0 Å². The Morgan fingerprint density at radius 3 is 2.73 bits per heavy atom. The second-order valence-corrected chi connectivity index (χ2v) is 4.43. The minimum Gasteiger partial charge on any atom is -0.383 e. The van der Waals surface area contributed by atoms with Gasteiger partial charge in [0.2, 0.25) is 0 Å². The van der Waals surface area contributed by atoms with Crippen LogP contribution in [0, 0.1) is 0 Å². The van der Waals surface area contributed by atoms with Gasteiger partial charge in [0.25, 0.3) is 0 Å². The molecular formula is C11H21N3O. The first-order valence-electron chi connectivity index (χ1n) is 5.30. The third kappa shape index (κ3) is 2.79. The highest BCUT2D eigenvalue weighted by Crippen LogP contribution is 2.22. The summed E-state index contributed by atoms with van der Waals surface area (Å²) in [6.07, 6.45) is 4.67. The maximum absolute atomic E-state index is 6.09. The first-order valence-corrected chi connectivity index (χ1v) is 5.30. The van der Waals surface area contributed by atoms with Gasteiger partial charge in [0, 0.05) is 13.3 Å². The van der Waals surface area contributed by atoms with Gasteiger partial charge >= 0.3 is 0 Å². The van der Waals surface area contributed by atoms with Gasteiger partial charge in [-0.1, -0.05) is 6.92 Å². The predicted molar refractivity (Wildman–Crippen MR) is 60.6 cm³/mol. The van der Waals surface area contributed by atoms with Gasteiger partial charge in [-0.3, -0.25) is 0 Å². The zero-order valence-electron chi connectivity index (χ0n) is 10.0. The number of hydrogen-bond donors (Lipinski definition) is 1. The number of methoxy groups -OCH3 is 1. The molecule has 1 rings (SSSR count). The monoisotopic (exact) mass is 211 g/mol. The fraction of sp³-hybridized carbons (Fsp3) is 0.727. The number of ether oxygens (including phenoxy) is 1. The fourth-order valence-electron chi connectivity index (χ4n) is 1.68. The van der Waals surface area contributed by atoms with E-state index in [0.29, 0.717) is 12.6 Å². The minimum atomic E-state index is -0.363. The van der Waals surface area contributed by atoms with Crippen LogP contribution < -0.4 is 5.73 Å². The lowest BCUT2D eigenvalue weighted by atomic mass is 10.0. The summed E-state index contributed by atoms with van der Waals surface area (Å²) in [6, 6.07) is 0.315. The quantitative estimate of drug-likeness (QED) is 0.806. The highest BCUT2D eigenvalue weighted by Gasteiger charge is 2.22. The van der Waals surface area contributed by atoms with Crippen molar-refractivity contribution in [2.24, 2.45) is 5.73 Å². The highest BCUT2D eigenvalue weighted by molar-refractivity contribution is 5.11. The van der Waals surface area contributed by atoms with Crippen LogP contribution >= 0.6 is 0 Å². The summed E-state index contributed by atoms with van der Waals surface area (Å²) in [5.41, 5.74) is 6.77. The largest absolute Gasteiger partial charge is 0.383 e. The number of nitrogens with zero attached hydrogens (tertiary/aromatic N) is 2. The molecule has 1 aromatic rings. The third-order valence-electron chi connectivity index (χ3n) is 2.55. The molecule has 1 aromatic heterocycles.